The summed E-state index contributed by atoms with van der Waals surface area (Å²) < 4.78 is 16.5. The number of carbonyl (C=O) groups is 2. The molecule has 38 heavy (non-hydrogen) atoms. The lowest BCUT2D eigenvalue weighted by molar-refractivity contribution is 0.0526. The van der Waals surface area contributed by atoms with Crippen molar-refractivity contribution in [2.45, 2.75) is 71.4 Å². The summed E-state index contributed by atoms with van der Waals surface area (Å²) in [4.78, 5) is 33.1. The highest BCUT2D eigenvalue weighted by atomic mass is 16.6. The minimum Gasteiger partial charge on any atom is -0.494 e. The van der Waals surface area contributed by atoms with E-state index in [2.05, 4.69) is 20.9 Å². The van der Waals surface area contributed by atoms with Gasteiger partial charge < -0.3 is 35.9 Å². The molecule has 1 aromatic heterocycles. The summed E-state index contributed by atoms with van der Waals surface area (Å²) in [5, 5.41) is 9.38. The number of rotatable bonds is 12. The molecule has 0 atom stereocenters. The number of hydrogen-bond donors (Lipinski definition) is 4. The molecule has 3 rings (SSSR count). The molecule has 208 valence electrons. The predicted molar refractivity (Wildman–Crippen MR) is 146 cm³/mol. The zero-order valence-corrected chi connectivity index (χ0v) is 22.8. The van der Waals surface area contributed by atoms with E-state index in [1.807, 2.05) is 52.0 Å². The van der Waals surface area contributed by atoms with Crippen LogP contribution in [-0.4, -0.2) is 60.0 Å². The number of aromatic nitrogens is 2. The number of unbranched alkanes of at least 4 members (excludes halogenated alkanes) is 1. The quantitative estimate of drug-likeness (QED) is 0.298. The number of alkyl carbamates (subject to hydrolysis) is 1. The molecular weight excluding hydrogens is 488 g/mol. The van der Waals surface area contributed by atoms with Crippen LogP contribution in [0.15, 0.2) is 24.3 Å². The van der Waals surface area contributed by atoms with Gasteiger partial charge in [0.25, 0.3) is 5.91 Å². The van der Waals surface area contributed by atoms with Crippen molar-refractivity contribution in [1.82, 2.24) is 15.3 Å². The minimum absolute atomic E-state index is 0.0863. The molecule has 2 amide bonds. The summed E-state index contributed by atoms with van der Waals surface area (Å²) in [6, 6.07) is 7.60. The number of aryl methyl sites for hydroxylation is 1. The highest BCUT2D eigenvalue weighted by Gasteiger charge is 2.21. The maximum atomic E-state index is 12.2. The molecule has 11 heteroatoms. The maximum Gasteiger partial charge on any atom is 0.407 e. The summed E-state index contributed by atoms with van der Waals surface area (Å²) in [5.74, 6) is 0.933. The van der Waals surface area contributed by atoms with Crippen LogP contribution in [0.4, 0.5) is 22.1 Å². The van der Waals surface area contributed by atoms with Crippen LogP contribution >= 0.6 is 0 Å². The van der Waals surface area contributed by atoms with E-state index in [1.54, 1.807) is 0 Å². The maximum absolute atomic E-state index is 12.2. The van der Waals surface area contributed by atoms with Crippen LogP contribution in [0.2, 0.25) is 0 Å². The standard InChI is InChI=1S/C27H40N6O5/c1-5-21-24(30-18-11-15-36-16-12-18)33-25(22(32-21)23(28)34)31-19-9-8-10-20(17-19)37-14-7-6-13-29-26(35)38-27(2,3)4/h8-10,17-18H,5-7,11-16H2,1-4H3,(H2,28,34)(H,29,35)(H2,30,31,33). The Bertz CT molecular complexity index is 1080. The fourth-order valence-electron chi connectivity index (χ4n) is 3.85. The second kappa shape index (κ2) is 13.8. The number of hydrogen-bond acceptors (Lipinski definition) is 9. The van der Waals surface area contributed by atoms with Crippen LogP contribution in [0, 0.1) is 0 Å². The zero-order valence-electron chi connectivity index (χ0n) is 22.8. The summed E-state index contributed by atoms with van der Waals surface area (Å²) in [6.07, 6.45) is 3.44. The summed E-state index contributed by atoms with van der Waals surface area (Å²) >= 11 is 0. The summed E-state index contributed by atoms with van der Waals surface area (Å²) in [6.45, 7) is 9.83. The number of anilines is 3. The van der Waals surface area contributed by atoms with Crippen molar-refractivity contribution < 1.29 is 23.8 Å². The number of nitrogens with one attached hydrogen (secondary N) is 3. The summed E-state index contributed by atoms with van der Waals surface area (Å²) in [7, 11) is 0. The predicted octanol–water partition coefficient (Wildman–Crippen LogP) is 4.16. The van der Waals surface area contributed by atoms with Crippen LogP contribution in [0.3, 0.4) is 0 Å². The highest BCUT2D eigenvalue weighted by Crippen LogP contribution is 2.26. The van der Waals surface area contributed by atoms with Gasteiger partial charge in [-0.3, -0.25) is 4.79 Å². The Labute approximate surface area is 224 Å². The Morgan fingerprint density at radius 3 is 2.58 bits per heavy atom. The Hall–Kier alpha value is -3.60. The van der Waals surface area contributed by atoms with Crippen LogP contribution in [0.5, 0.6) is 5.75 Å². The average molecular weight is 529 g/mol. The lowest BCUT2D eigenvalue weighted by Gasteiger charge is -2.25. The van der Waals surface area contributed by atoms with E-state index >= 15 is 0 Å². The fraction of sp³-hybridized carbons (Fsp3) is 0.556. The average Bonchev–Trinajstić information content (AvgIpc) is 2.86. The number of amides is 2. The van der Waals surface area contributed by atoms with Crippen molar-refractivity contribution >= 4 is 29.3 Å². The molecule has 2 heterocycles. The van der Waals surface area contributed by atoms with Gasteiger partial charge in [-0.1, -0.05) is 13.0 Å². The number of nitrogens with two attached hydrogens (primary N) is 1. The van der Waals surface area contributed by atoms with Crippen LogP contribution < -0.4 is 26.4 Å². The normalized spacial score (nSPS) is 14.0. The van der Waals surface area contributed by atoms with Gasteiger partial charge >= 0.3 is 6.09 Å². The SMILES string of the molecule is CCc1nc(C(N)=O)c(Nc2cccc(OCCCCNC(=O)OC(C)(C)C)c2)nc1NC1CCOCC1. The molecule has 1 aromatic carbocycles. The highest BCUT2D eigenvalue weighted by molar-refractivity contribution is 5.96. The lowest BCUT2D eigenvalue weighted by Crippen LogP contribution is -2.33. The molecule has 1 aliphatic rings. The van der Waals surface area contributed by atoms with Crippen molar-refractivity contribution in [3.63, 3.8) is 0 Å². The lowest BCUT2D eigenvalue weighted by atomic mass is 10.1. The molecular formula is C27H40N6O5. The van der Waals surface area contributed by atoms with E-state index in [4.69, 9.17) is 24.9 Å². The number of benzene rings is 1. The first kappa shape index (κ1) is 29.0. The van der Waals surface area contributed by atoms with Crippen molar-refractivity contribution in [2.75, 3.05) is 37.0 Å². The summed E-state index contributed by atoms with van der Waals surface area (Å²) in [5.41, 5.74) is 6.58. The van der Waals surface area contributed by atoms with E-state index in [0.29, 0.717) is 55.7 Å². The van der Waals surface area contributed by atoms with Gasteiger partial charge in [-0.15, -0.1) is 0 Å². The first-order valence-corrected chi connectivity index (χ1v) is 13.2. The monoisotopic (exact) mass is 528 g/mol. The van der Waals surface area contributed by atoms with Crippen LogP contribution in [0.1, 0.15) is 69.6 Å². The number of ether oxygens (including phenoxy) is 3. The molecule has 1 aliphatic heterocycles. The van der Waals surface area contributed by atoms with Gasteiger partial charge in [0.1, 0.15) is 11.4 Å². The molecule has 0 unspecified atom stereocenters. The second-order valence-electron chi connectivity index (χ2n) is 10.1. The van der Waals surface area contributed by atoms with E-state index in [-0.39, 0.29) is 17.6 Å². The van der Waals surface area contributed by atoms with Gasteiger partial charge in [-0.2, -0.15) is 0 Å². The van der Waals surface area contributed by atoms with Crippen LogP contribution in [0.25, 0.3) is 0 Å². The molecule has 11 nitrogen and oxygen atoms in total. The van der Waals surface area contributed by atoms with Crippen molar-refractivity contribution in [3.8, 4) is 5.75 Å². The van der Waals surface area contributed by atoms with E-state index in [0.717, 1.165) is 25.7 Å². The first-order valence-electron chi connectivity index (χ1n) is 13.2. The third kappa shape index (κ3) is 9.37. The molecule has 5 N–H and O–H groups in total. The molecule has 0 saturated carbocycles. The van der Waals surface area contributed by atoms with Crippen molar-refractivity contribution in [3.05, 3.63) is 35.7 Å². The van der Waals surface area contributed by atoms with Crippen molar-refractivity contribution in [1.29, 1.82) is 0 Å². The molecule has 0 bridgehead atoms. The molecule has 1 saturated heterocycles. The molecule has 0 aliphatic carbocycles. The molecule has 0 radical (unpaired) electrons. The van der Waals surface area contributed by atoms with E-state index < -0.39 is 17.6 Å². The third-order valence-electron chi connectivity index (χ3n) is 5.70. The zero-order chi connectivity index (χ0) is 27.5. The van der Waals surface area contributed by atoms with Crippen molar-refractivity contribution in [2.24, 2.45) is 5.73 Å². The third-order valence-corrected chi connectivity index (χ3v) is 5.70. The molecule has 2 aromatic rings. The van der Waals surface area contributed by atoms with E-state index in [9.17, 15) is 9.59 Å². The second-order valence-corrected chi connectivity index (χ2v) is 10.1. The smallest absolute Gasteiger partial charge is 0.407 e. The Morgan fingerprint density at radius 1 is 1.13 bits per heavy atom. The number of carbonyl (C=O) groups excluding carboxylic acids is 2. The van der Waals surface area contributed by atoms with Gasteiger partial charge in [-0.05, 0) is 65.0 Å². The van der Waals surface area contributed by atoms with Gasteiger partial charge in [-0.25, -0.2) is 14.8 Å². The van der Waals surface area contributed by atoms with Gasteiger partial charge in [0.15, 0.2) is 17.3 Å². The molecule has 0 spiro atoms. The van der Waals surface area contributed by atoms with Gasteiger partial charge in [0.05, 0.1) is 12.3 Å². The Balaban J connectivity index is 1.59. The topological polar surface area (TPSA) is 150 Å². The fourth-order valence-corrected chi connectivity index (χ4v) is 3.85. The molecule has 1 fully saturated rings. The largest absolute Gasteiger partial charge is 0.494 e. The number of nitrogens with zero attached hydrogens (tertiary/aromatic N) is 2. The minimum atomic E-state index is -0.653. The Kier molecular flexibility index (Phi) is 10.5. The Morgan fingerprint density at radius 2 is 1.89 bits per heavy atom. The van der Waals surface area contributed by atoms with Gasteiger partial charge in [0.2, 0.25) is 0 Å². The van der Waals surface area contributed by atoms with E-state index in [1.165, 1.54) is 0 Å². The number of primary amides is 1. The van der Waals surface area contributed by atoms with Gasteiger partial charge in [0, 0.05) is 37.6 Å². The van der Waals surface area contributed by atoms with Crippen LogP contribution in [-0.2, 0) is 15.9 Å². The first-order chi connectivity index (χ1) is 18.1.